The molecule has 110 valence electrons. The average Bonchev–Trinajstić information content (AvgIpc) is 2.71. The number of nitrogens with zero attached hydrogens (tertiary/aromatic N) is 2. The number of Topliss-reactive ketones (excluding diaryl/α,β-unsaturated/α-hetero) is 1. The van der Waals surface area contributed by atoms with Crippen LogP contribution in [0.5, 0.6) is 0 Å². The van der Waals surface area contributed by atoms with Crippen LogP contribution in [0.1, 0.15) is 23.2 Å². The minimum absolute atomic E-state index is 0.0362. The van der Waals surface area contributed by atoms with Crippen LogP contribution < -0.4 is 10.2 Å². The number of hydrogen-bond donors (Lipinski definition) is 1. The summed E-state index contributed by atoms with van der Waals surface area (Å²) in [6, 6.07) is 3.74. The number of nitro groups is 1. The van der Waals surface area contributed by atoms with Gasteiger partial charge in [0.2, 0.25) is 5.91 Å². The van der Waals surface area contributed by atoms with Crippen molar-refractivity contribution in [3.63, 3.8) is 0 Å². The maximum absolute atomic E-state index is 11.9. The SMILES string of the molecule is CNC(=O)CCCN1C(=O)C(=O)c2cc([N+](=O)[O-])ccc21. The number of fused-ring (bicyclic) bond motifs is 1. The van der Waals surface area contributed by atoms with Crippen molar-refractivity contribution in [1.82, 2.24) is 5.32 Å². The van der Waals surface area contributed by atoms with Gasteiger partial charge in [-0.2, -0.15) is 0 Å². The zero-order chi connectivity index (χ0) is 15.6. The number of carbonyl (C=O) groups excluding carboxylic acids is 3. The van der Waals surface area contributed by atoms with Crippen LogP contribution in [0.2, 0.25) is 0 Å². The molecule has 1 aromatic carbocycles. The Morgan fingerprint density at radius 2 is 2.10 bits per heavy atom. The minimum Gasteiger partial charge on any atom is -0.359 e. The van der Waals surface area contributed by atoms with Gasteiger partial charge in [-0.15, -0.1) is 0 Å². The molecule has 0 saturated heterocycles. The van der Waals surface area contributed by atoms with Crippen LogP contribution in [0, 0.1) is 10.1 Å². The van der Waals surface area contributed by atoms with E-state index in [9.17, 15) is 24.5 Å². The first-order chi connectivity index (χ1) is 9.95. The molecular weight excluding hydrogens is 278 g/mol. The Morgan fingerprint density at radius 1 is 1.38 bits per heavy atom. The molecule has 2 rings (SSSR count). The zero-order valence-electron chi connectivity index (χ0n) is 11.3. The third-order valence-electron chi connectivity index (χ3n) is 3.23. The summed E-state index contributed by atoms with van der Waals surface area (Å²) in [5, 5.41) is 13.2. The standard InChI is InChI=1S/C13H13N3O5/c1-14-11(17)3-2-6-15-10-5-4-8(16(20)21)7-9(10)12(18)13(15)19/h4-5,7H,2-3,6H2,1H3,(H,14,17). The topological polar surface area (TPSA) is 110 Å². The fraction of sp³-hybridized carbons (Fsp3) is 0.308. The Labute approximate surface area is 119 Å². The van der Waals surface area contributed by atoms with Crippen molar-refractivity contribution < 1.29 is 19.3 Å². The monoisotopic (exact) mass is 291 g/mol. The lowest BCUT2D eigenvalue weighted by Crippen LogP contribution is -2.31. The summed E-state index contributed by atoms with van der Waals surface area (Å²) in [7, 11) is 1.52. The second-order valence-corrected chi connectivity index (χ2v) is 4.52. The summed E-state index contributed by atoms with van der Waals surface area (Å²) >= 11 is 0. The molecule has 2 amide bonds. The summed E-state index contributed by atoms with van der Waals surface area (Å²) in [5.41, 5.74) is 0.156. The Bertz CT molecular complexity index is 641. The lowest BCUT2D eigenvalue weighted by atomic mass is 10.1. The van der Waals surface area contributed by atoms with Gasteiger partial charge in [0.25, 0.3) is 17.4 Å². The quantitative estimate of drug-likeness (QED) is 0.486. The highest BCUT2D eigenvalue weighted by Gasteiger charge is 2.36. The first kappa shape index (κ1) is 14.6. The maximum Gasteiger partial charge on any atom is 0.299 e. The Kier molecular flexibility index (Phi) is 3.97. The number of nitrogens with one attached hydrogen (secondary N) is 1. The zero-order valence-corrected chi connectivity index (χ0v) is 11.3. The average molecular weight is 291 g/mol. The van der Waals surface area contributed by atoms with Crippen molar-refractivity contribution >= 4 is 29.0 Å². The number of amides is 2. The second kappa shape index (κ2) is 5.70. The van der Waals surface area contributed by atoms with Crippen molar-refractivity contribution in [1.29, 1.82) is 0 Å². The number of rotatable bonds is 5. The van der Waals surface area contributed by atoms with Crippen molar-refractivity contribution in [2.24, 2.45) is 0 Å². The molecule has 0 radical (unpaired) electrons. The number of carbonyl (C=O) groups is 3. The normalized spacial score (nSPS) is 13.3. The molecule has 0 fully saturated rings. The summed E-state index contributed by atoms with van der Waals surface area (Å²) < 4.78 is 0. The van der Waals surface area contributed by atoms with Crippen LogP contribution in [0.25, 0.3) is 0 Å². The number of benzene rings is 1. The van der Waals surface area contributed by atoms with Gasteiger partial charge in [-0.3, -0.25) is 24.5 Å². The Balaban J connectivity index is 2.19. The number of hydrogen-bond acceptors (Lipinski definition) is 5. The van der Waals surface area contributed by atoms with Crippen LogP contribution in [0.15, 0.2) is 18.2 Å². The van der Waals surface area contributed by atoms with E-state index in [1.54, 1.807) is 0 Å². The van der Waals surface area contributed by atoms with E-state index in [2.05, 4.69) is 5.32 Å². The summed E-state index contributed by atoms with van der Waals surface area (Å²) in [6.07, 6.45) is 0.631. The molecule has 0 aromatic heterocycles. The highest BCUT2D eigenvalue weighted by atomic mass is 16.6. The van der Waals surface area contributed by atoms with Gasteiger partial charge in [0, 0.05) is 32.1 Å². The van der Waals surface area contributed by atoms with E-state index >= 15 is 0 Å². The van der Waals surface area contributed by atoms with Crippen molar-refractivity contribution in [2.75, 3.05) is 18.5 Å². The number of anilines is 1. The molecular formula is C13H13N3O5. The number of nitro benzene ring substituents is 1. The van der Waals surface area contributed by atoms with Crippen LogP contribution >= 0.6 is 0 Å². The molecule has 0 atom stereocenters. The van der Waals surface area contributed by atoms with E-state index in [0.29, 0.717) is 12.1 Å². The van der Waals surface area contributed by atoms with E-state index in [-0.39, 0.29) is 30.1 Å². The molecule has 0 bridgehead atoms. The molecule has 1 aromatic rings. The molecule has 8 nitrogen and oxygen atoms in total. The first-order valence-electron chi connectivity index (χ1n) is 6.31. The molecule has 8 heteroatoms. The third-order valence-corrected chi connectivity index (χ3v) is 3.23. The van der Waals surface area contributed by atoms with Gasteiger partial charge in [0.05, 0.1) is 16.2 Å². The van der Waals surface area contributed by atoms with Gasteiger partial charge in [-0.1, -0.05) is 0 Å². The van der Waals surface area contributed by atoms with Crippen molar-refractivity contribution in [2.45, 2.75) is 12.8 Å². The largest absolute Gasteiger partial charge is 0.359 e. The van der Waals surface area contributed by atoms with Gasteiger partial charge < -0.3 is 10.2 Å². The van der Waals surface area contributed by atoms with E-state index in [4.69, 9.17) is 0 Å². The van der Waals surface area contributed by atoms with Crippen LogP contribution in [0.4, 0.5) is 11.4 Å². The summed E-state index contributed by atoms with van der Waals surface area (Å²) in [4.78, 5) is 46.2. The van der Waals surface area contributed by atoms with Gasteiger partial charge in [-0.25, -0.2) is 0 Å². The fourth-order valence-corrected chi connectivity index (χ4v) is 2.15. The molecule has 1 aliphatic rings. The van der Waals surface area contributed by atoms with Gasteiger partial charge in [0.1, 0.15) is 0 Å². The smallest absolute Gasteiger partial charge is 0.299 e. The highest BCUT2D eigenvalue weighted by Crippen LogP contribution is 2.32. The summed E-state index contributed by atoms with van der Waals surface area (Å²) in [5.74, 6) is -1.63. The molecule has 0 saturated carbocycles. The minimum atomic E-state index is -0.756. The van der Waals surface area contributed by atoms with Crippen molar-refractivity contribution in [3.05, 3.63) is 33.9 Å². The highest BCUT2D eigenvalue weighted by molar-refractivity contribution is 6.52. The Morgan fingerprint density at radius 3 is 2.71 bits per heavy atom. The first-order valence-corrected chi connectivity index (χ1v) is 6.31. The molecule has 21 heavy (non-hydrogen) atoms. The van der Waals surface area contributed by atoms with Gasteiger partial charge >= 0.3 is 0 Å². The van der Waals surface area contributed by atoms with E-state index in [1.807, 2.05) is 0 Å². The van der Waals surface area contributed by atoms with Gasteiger partial charge in [-0.05, 0) is 12.5 Å². The third kappa shape index (κ3) is 2.73. The van der Waals surface area contributed by atoms with Gasteiger partial charge in [0.15, 0.2) is 0 Å². The van der Waals surface area contributed by atoms with E-state index < -0.39 is 16.6 Å². The molecule has 1 heterocycles. The predicted octanol–water partition coefficient (Wildman–Crippen LogP) is 0.650. The van der Waals surface area contributed by atoms with E-state index in [1.165, 1.54) is 24.1 Å². The molecule has 0 unspecified atom stereocenters. The molecule has 0 spiro atoms. The predicted molar refractivity (Wildman–Crippen MR) is 73.1 cm³/mol. The van der Waals surface area contributed by atoms with E-state index in [0.717, 1.165) is 6.07 Å². The lowest BCUT2D eigenvalue weighted by molar-refractivity contribution is -0.384. The molecule has 1 aliphatic heterocycles. The Hall–Kier alpha value is -2.77. The second-order valence-electron chi connectivity index (χ2n) is 4.52. The fourth-order valence-electron chi connectivity index (χ4n) is 2.15. The van der Waals surface area contributed by atoms with Crippen LogP contribution in [-0.4, -0.2) is 36.1 Å². The number of ketones is 1. The molecule has 1 N–H and O–H groups in total. The molecule has 0 aliphatic carbocycles. The number of non-ortho nitro benzene ring substituents is 1. The summed E-state index contributed by atoms with van der Waals surface area (Å²) in [6.45, 7) is 0.211. The van der Waals surface area contributed by atoms with Crippen molar-refractivity contribution in [3.8, 4) is 0 Å². The lowest BCUT2D eigenvalue weighted by Gasteiger charge is -2.15. The maximum atomic E-state index is 11.9. The van der Waals surface area contributed by atoms with Crippen LogP contribution in [0.3, 0.4) is 0 Å². The van der Waals surface area contributed by atoms with Crippen LogP contribution in [-0.2, 0) is 9.59 Å².